The maximum atomic E-state index is 12.8. The molecule has 5 nitrogen and oxygen atoms in total. The molecule has 1 aliphatic rings. The predicted molar refractivity (Wildman–Crippen MR) is 88.1 cm³/mol. The highest BCUT2D eigenvalue weighted by Crippen LogP contribution is 2.44. The molecule has 0 saturated heterocycles. The van der Waals surface area contributed by atoms with E-state index in [4.69, 9.17) is 18.0 Å². The molecule has 0 aromatic heterocycles. The van der Waals surface area contributed by atoms with E-state index in [1.54, 1.807) is 25.2 Å². The Kier molecular flexibility index (Phi) is 4.98. The van der Waals surface area contributed by atoms with Gasteiger partial charge in [0.2, 0.25) is 0 Å². The van der Waals surface area contributed by atoms with Crippen molar-refractivity contribution < 1.29 is 9.90 Å². The number of halogens is 1. The van der Waals surface area contributed by atoms with Crippen LogP contribution in [0.1, 0.15) is 24.8 Å². The molecule has 1 unspecified atom stereocenters. The molecule has 4 N–H and O–H groups in total. The van der Waals surface area contributed by atoms with Crippen molar-refractivity contribution >= 4 is 39.2 Å². The van der Waals surface area contributed by atoms with Gasteiger partial charge in [0.25, 0.3) is 5.91 Å². The number of rotatable bonds is 4. The molecule has 0 aliphatic heterocycles. The van der Waals surface area contributed by atoms with Gasteiger partial charge in [0.15, 0.2) is 10.7 Å². The van der Waals surface area contributed by atoms with E-state index < -0.39 is 11.5 Å². The number of thiocarbonyl (C=S) groups is 1. The first-order valence-corrected chi connectivity index (χ1v) is 7.91. The summed E-state index contributed by atoms with van der Waals surface area (Å²) in [6, 6.07) is 7.14. The van der Waals surface area contributed by atoms with E-state index in [1.165, 1.54) is 0 Å². The number of aliphatic hydroxyl groups is 1. The van der Waals surface area contributed by atoms with Crippen molar-refractivity contribution in [2.75, 3.05) is 7.05 Å². The summed E-state index contributed by atoms with van der Waals surface area (Å²) >= 11 is 8.25. The fourth-order valence-corrected chi connectivity index (χ4v) is 3.14. The molecule has 0 bridgehead atoms. The first-order chi connectivity index (χ1) is 9.91. The topological polar surface area (TPSA) is 78.6 Å². The van der Waals surface area contributed by atoms with Crippen LogP contribution in [0.15, 0.2) is 28.7 Å². The Labute approximate surface area is 137 Å². The van der Waals surface area contributed by atoms with Gasteiger partial charge in [0.1, 0.15) is 0 Å². The van der Waals surface area contributed by atoms with Gasteiger partial charge in [-0.3, -0.25) is 4.79 Å². The second-order valence-electron chi connectivity index (χ2n) is 5.11. The predicted octanol–water partition coefficient (Wildman–Crippen LogP) is 1.64. The van der Waals surface area contributed by atoms with E-state index in [0.717, 1.165) is 28.7 Å². The van der Waals surface area contributed by atoms with Crippen molar-refractivity contribution in [2.24, 2.45) is 11.7 Å². The molecule has 1 amide bonds. The maximum Gasteiger partial charge on any atom is 0.280 e. The minimum atomic E-state index is -1.63. The summed E-state index contributed by atoms with van der Waals surface area (Å²) in [5, 5.41) is 12.1. The molecule has 21 heavy (non-hydrogen) atoms. The van der Waals surface area contributed by atoms with Gasteiger partial charge in [0.05, 0.1) is 0 Å². The number of benzene rings is 1. The van der Waals surface area contributed by atoms with E-state index in [-0.39, 0.29) is 11.0 Å². The number of hydrogen-bond donors (Lipinski definition) is 3. The number of hydrogen-bond acceptors (Lipinski definition) is 4. The van der Waals surface area contributed by atoms with Crippen LogP contribution in [-0.4, -0.2) is 28.2 Å². The summed E-state index contributed by atoms with van der Waals surface area (Å²) in [6.45, 7) is 0. The fourth-order valence-electron chi connectivity index (χ4n) is 2.57. The number of nitrogens with one attached hydrogen (secondary N) is 1. The van der Waals surface area contributed by atoms with Crippen LogP contribution in [0, 0.1) is 5.92 Å². The minimum absolute atomic E-state index is 0.116. The highest BCUT2D eigenvalue weighted by molar-refractivity contribution is 9.10. The third-order valence-electron chi connectivity index (χ3n) is 3.93. The molecule has 1 fully saturated rings. The Balaban J connectivity index is 2.46. The Morgan fingerprint density at radius 1 is 1.57 bits per heavy atom. The molecule has 0 radical (unpaired) electrons. The zero-order valence-electron chi connectivity index (χ0n) is 11.7. The largest absolute Gasteiger partial charge is 0.375 e. The first-order valence-electron chi connectivity index (χ1n) is 6.71. The third-order valence-corrected chi connectivity index (χ3v) is 4.61. The molecule has 1 atom stereocenters. The molecule has 2 rings (SSSR count). The lowest BCUT2D eigenvalue weighted by molar-refractivity contribution is -0.161. The van der Waals surface area contributed by atoms with E-state index in [9.17, 15) is 9.90 Å². The molecule has 0 heterocycles. The second-order valence-corrected chi connectivity index (χ2v) is 6.44. The highest BCUT2D eigenvalue weighted by atomic mass is 79.9. The van der Waals surface area contributed by atoms with Gasteiger partial charge in [-0.15, -0.1) is 0 Å². The van der Waals surface area contributed by atoms with Crippen LogP contribution in [0.5, 0.6) is 0 Å². The van der Waals surface area contributed by atoms with E-state index >= 15 is 0 Å². The molecule has 0 spiro atoms. The molecule has 1 aromatic carbocycles. The first kappa shape index (κ1) is 16.4. The maximum absolute atomic E-state index is 12.8. The third kappa shape index (κ3) is 2.96. The number of nitrogens with zero attached hydrogens (tertiary/aromatic N) is 1. The van der Waals surface area contributed by atoms with Gasteiger partial charge in [-0.05, 0) is 42.8 Å². The smallest absolute Gasteiger partial charge is 0.280 e. The Hall–Kier alpha value is -1.02. The summed E-state index contributed by atoms with van der Waals surface area (Å²) in [5.74, 6) is -0.676. The van der Waals surface area contributed by atoms with Gasteiger partial charge in [-0.2, -0.15) is 0 Å². The van der Waals surface area contributed by atoms with Crippen molar-refractivity contribution in [3.8, 4) is 0 Å². The zero-order valence-corrected chi connectivity index (χ0v) is 14.1. The normalized spacial score (nSPS) is 17.7. The SMILES string of the molecule is CNN(C(=O)C(O)(c1cccc(Br)c1)C1CCC1)C(N)=S. The number of carbonyl (C=O) groups excluding carboxylic acids is 1. The van der Waals surface area contributed by atoms with Crippen molar-refractivity contribution in [3.05, 3.63) is 34.3 Å². The van der Waals surface area contributed by atoms with Gasteiger partial charge >= 0.3 is 0 Å². The van der Waals surface area contributed by atoms with Gasteiger partial charge < -0.3 is 10.8 Å². The number of nitrogens with two attached hydrogens (primary N) is 1. The second kappa shape index (κ2) is 6.39. The van der Waals surface area contributed by atoms with E-state index in [2.05, 4.69) is 21.4 Å². The Morgan fingerprint density at radius 3 is 2.67 bits per heavy atom. The van der Waals surface area contributed by atoms with Gasteiger partial charge in [-0.1, -0.05) is 34.5 Å². The van der Waals surface area contributed by atoms with Gasteiger partial charge in [-0.25, -0.2) is 10.4 Å². The Bertz CT molecular complexity index is 565. The van der Waals surface area contributed by atoms with E-state index in [0.29, 0.717) is 5.56 Å². The summed E-state index contributed by atoms with van der Waals surface area (Å²) in [4.78, 5) is 12.8. The van der Waals surface area contributed by atoms with Crippen LogP contribution in [0.3, 0.4) is 0 Å². The number of carbonyl (C=O) groups is 1. The van der Waals surface area contributed by atoms with Crippen LogP contribution < -0.4 is 11.2 Å². The number of amides is 1. The van der Waals surface area contributed by atoms with Crippen LogP contribution in [0.4, 0.5) is 0 Å². The van der Waals surface area contributed by atoms with Crippen molar-refractivity contribution in [1.82, 2.24) is 10.4 Å². The molecule has 7 heteroatoms. The molecule has 1 saturated carbocycles. The molecule has 114 valence electrons. The quantitative estimate of drug-likeness (QED) is 0.553. The lowest BCUT2D eigenvalue weighted by Gasteiger charge is -2.42. The summed E-state index contributed by atoms with van der Waals surface area (Å²) in [6.07, 6.45) is 2.59. The molecular formula is C14H18BrN3O2S. The highest BCUT2D eigenvalue weighted by Gasteiger charge is 2.50. The van der Waals surface area contributed by atoms with Crippen molar-refractivity contribution in [3.63, 3.8) is 0 Å². The summed E-state index contributed by atoms with van der Waals surface area (Å²) < 4.78 is 0.803. The minimum Gasteiger partial charge on any atom is -0.375 e. The van der Waals surface area contributed by atoms with Crippen LogP contribution in [0.2, 0.25) is 0 Å². The van der Waals surface area contributed by atoms with E-state index in [1.807, 2.05) is 6.07 Å². The Morgan fingerprint density at radius 2 is 2.24 bits per heavy atom. The zero-order chi connectivity index (χ0) is 15.6. The van der Waals surface area contributed by atoms with Crippen molar-refractivity contribution in [2.45, 2.75) is 24.9 Å². The van der Waals surface area contributed by atoms with Crippen LogP contribution >= 0.6 is 28.1 Å². The average molecular weight is 372 g/mol. The summed E-state index contributed by atoms with van der Waals surface area (Å²) in [5.41, 5.74) is 7.12. The van der Waals surface area contributed by atoms with Crippen molar-refractivity contribution in [1.29, 1.82) is 0 Å². The van der Waals surface area contributed by atoms with Gasteiger partial charge in [0, 0.05) is 17.4 Å². The monoisotopic (exact) mass is 371 g/mol. The van der Waals surface area contributed by atoms with Crippen LogP contribution in [-0.2, 0) is 10.4 Å². The molecule has 1 aromatic rings. The number of hydrazine groups is 1. The fraction of sp³-hybridized carbons (Fsp3) is 0.429. The summed E-state index contributed by atoms with van der Waals surface area (Å²) in [7, 11) is 1.54. The lowest BCUT2D eigenvalue weighted by Crippen LogP contribution is -2.59. The lowest BCUT2D eigenvalue weighted by atomic mass is 9.69. The average Bonchev–Trinajstić information content (AvgIpc) is 2.36. The standard InChI is InChI=1S/C14H18BrN3O2S/c1-17-18(13(16)21)12(19)14(20,9-4-2-5-9)10-6-3-7-11(15)8-10/h3,6-9,17,20H,2,4-5H2,1H3,(H2,16,21). The molecule has 1 aliphatic carbocycles. The molecular weight excluding hydrogens is 354 g/mol. The van der Waals surface area contributed by atoms with Crippen LogP contribution in [0.25, 0.3) is 0 Å².